The summed E-state index contributed by atoms with van der Waals surface area (Å²) >= 11 is 5.91. The third-order valence-electron chi connectivity index (χ3n) is 2.61. The molecule has 2 heterocycles. The standard InChI is InChI=1S/C12H17ClN4/c1-9-6-11(14-5-3-4-10(2)13)17-12(7-9)15-8-16-17/h6-8,10,14H,3-5H2,1-2H3. The Morgan fingerprint density at radius 1 is 1.47 bits per heavy atom. The van der Waals surface area contributed by atoms with E-state index in [2.05, 4.69) is 28.4 Å². The summed E-state index contributed by atoms with van der Waals surface area (Å²) in [5, 5.41) is 7.80. The molecular formula is C12H17ClN4. The van der Waals surface area contributed by atoms with Crippen LogP contribution in [0.3, 0.4) is 0 Å². The number of fused-ring (bicyclic) bond motifs is 1. The van der Waals surface area contributed by atoms with Crippen molar-refractivity contribution >= 4 is 23.1 Å². The zero-order valence-corrected chi connectivity index (χ0v) is 10.9. The van der Waals surface area contributed by atoms with Crippen LogP contribution in [-0.2, 0) is 0 Å². The maximum Gasteiger partial charge on any atom is 0.157 e. The third kappa shape index (κ3) is 3.09. The fraction of sp³-hybridized carbons (Fsp3) is 0.500. The monoisotopic (exact) mass is 252 g/mol. The number of hydrogen-bond acceptors (Lipinski definition) is 3. The van der Waals surface area contributed by atoms with E-state index in [1.165, 1.54) is 5.56 Å². The first-order chi connectivity index (χ1) is 8.16. The molecule has 17 heavy (non-hydrogen) atoms. The second-order valence-corrected chi connectivity index (χ2v) is 5.04. The molecule has 0 fully saturated rings. The highest BCUT2D eigenvalue weighted by Gasteiger charge is 2.03. The largest absolute Gasteiger partial charge is 0.370 e. The Hall–Kier alpha value is -1.29. The zero-order valence-electron chi connectivity index (χ0n) is 10.2. The lowest BCUT2D eigenvalue weighted by Gasteiger charge is -2.09. The van der Waals surface area contributed by atoms with Crippen LogP contribution >= 0.6 is 11.6 Å². The average Bonchev–Trinajstić information content (AvgIpc) is 2.71. The van der Waals surface area contributed by atoms with E-state index in [0.29, 0.717) is 0 Å². The minimum Gasteiger partial charge on any atom is -0.370 e. The predicted octanol–water partition coefficient (Wildman–Crippen LogP) is 2.86. The highest BCUT2D eigenvalue weighted by Crippen LogP contribution is 2.13. The number of aromatic nitrogens is 3. The third-order valence-corrected chi connectivity index (χ3v) is 2.83. The van der Waals surface area contributed by atoms with Crippen molar-refractivity contribution in [2.75, 3.05) is 11.9 Å². The number of hydrogen-bond donors (Lipinski definition) is 1. The van der Waals surface area contributed by atoms with Gasteiger partial charge in [0.2, 0.25) is 0 Å². The lowest BCUT2D eigenvalue weighted by Crippen LogP contribution is -2.08. The molecule has 1 unspecified atom stereocenters. The summed E-state index contributed by atoms with van der Waals surface area (Å²) in [6, 6.07) is 4.09. The summed E-state index contributed by atoms with van der Waals surface area (Å²) in [6.45, 7) is 4.97. The average molecular weight is 253 g/mol. The van der Waals surface area contributed by atoms with Crippen molar-refractivity contribution in [1.29, 1.82) is 0 Å². The summed E-state index contributed by atoms with van der Waals surface area (Å²) in [4.78, 5) is 4.19. The van der Waals surface area contributed by atoms with E-state index in [0.717, 1.165) is 30.9 Å². The molecule has 0 spiro atoms. The van der Waals surface area contributed by atoms with Gasteiger partial charge in [-0.3, -0.25) is 0 Å². The molecule has 0 aromatic carbocycles. The van der Waals surface area contributed by atoms with Crippen molar-refractivity contribution in [3.05, 3.63) is 24.0 Å². The Morgan fingerprint density at radius 2 is 2.29 bits per heavy atom. The first kappa shape index (κ1) is 12.2. The van der Waals surface area contributed by atoms with Crippen LogP contribution in [0.1, 0.15) is 25.3 Å². The Morgan fingerprint density at radius 3 is 3.06 bits per heavy atom. The van der Waals surface area contributed by atoms with Gasteiger partial charge in [0.05, 0.1) is 0 Å². The van der Waals surface area contributed by atoms with Gasteiger partial charge in [-0.15, -0.1) is 11.6 Å². The number of alkyl halides is 1. The van der Waals surface area contributed by atoms with Crippen molar-refractivity contribution in [2.24, 2.45) is 0 Å². The lowest BCUT2D eigenvalue weighted by molar-refractivity contribution is 0.746. The topological polar surface area (TPSA) is 42.2 Å². The van der Waals surface area contributed by atoms with E-state index in [4.69, 9.17) is 11.6 Å². The summed E-state index contributed by atoms with van der Waals surface area (Å²) in [5.41, 5.74) is 2.05. The highest BCUT2D eigenvalue weighted by atomic mass is 35.5. The van der Waals surface area contributed by atoms with Gasteiger partial charge >= 0.3 is 0 Å². The first-order valence-electron chi connectivity index (χ1n) is 5.85. The van der Waals surface area contributed by atoms with Crippen LogP contribution in [0.5, 0.6) is 0 Å². The van der Waals surface area contributed by atoms with Crippen molar-refractivity contribution in [3.8, 4) is 0 Å². The summed E-state index contributed by atoms with van der Waals surface area (Å²) < 4.78 is 1.82. The zero-order chi connectivity index (χ0) is 12.3. The number of halogens is 1. The molecule has 2 rings (SSSR count). The quantitative estimate of drug-likeness (QED) is 0.657. The molecule has 5 heteroatoms. The molecule has 0 aliphatic rings. The van der Waals surface area contributed by atoms with Gasteiger partial charge in [0.15, 0.2) is 5.65 Å². The van der Waals surface area contributed by atoms with E-state index in [-0.39, 0.29) is 5.38 Å². The molecule has 92 valence electrons. The fourth-order valence-electron chi connectivity index (χ4n) is 1.78. The van der Waals surface area contributed by atoms with E-state index in [9.17, 15) is 0 Å². The van der Waals surface area contributed by atoms with Crippen LogP contribution in [0, 0.1) is 6.92 Å². The van der Waals surface area contributed by atoms with Gasteiger partial charge in [-0.2, -0.15) is 9.61 Å². The molecule has 1 atom stereocenters. The van der Waals surface area contributed by atoms with Crippen molar-refractivity contribution in [3.63, 3.8) is 0 Å². The highest BCUT2D eigenvalue weighted by molar-refractivity contribution is 6.20. The fourth-order valence-corrected chi connectivity index (χ4v) is 1.94. The summed E-state index contributed by atoms with van der Waals surface area (Å²) in [5.74, 6) is 0.986. The smallest absolute Gasteiger partial charge is 0.157 e. The van der Waals surface area contributed by atoms with Gasteiger partial charge in [-0.05, 0) is 44.4 Å². The number of nitrogens with one attached hydrogen (secondary N) is 1. The van der Waals surface area contributed by atoms with E-state index in [1.54, 1.807) is 6.33 Å². The van der Waals surface area contributed by atoms with Crippen LogP contribution in [0.25, 0.3) is 5.65 Å². The molecular weight excluding hydrogens is 236 g/mol. The van der Waals surface area contributed by atoms with E-state index < -0.39 is 0 Å². The van der Waals surface area contributed by atoms with Crippen LogP contribution in [-0.4, -0.2) is 26.5 Å². The van der Waals surface area contributed by atoms with Crippen LogP contribution in [0.15, 0.2) is 18.5 Å². The van der Waals surface area contributed by atoms with Gasteiger partial charge in [-0.1, -0.05) is 0 Å². The minimum atomic E-state index is 0.237. The lowest BCUT2D eigenvalue weighted by atomic mass is 10.2. The predicted molar refractivity (Wildman–Crippen MR) is 70.8 cm³/mol. The Bertz CT molecular complexity index is 492. The molecule has 0 radical (unpaired) electrons. The van der Waals surface area contributed by atoms with Crippen LogP contribution in [0.2, 0.25) is 0 Å². The summed E-state index contributed by atoms with van der Waals surface area (Å²) in [6.07, 6.45) is 3.64. The van der Waals surface area contributed by atoms with E-state index in [1.807, 2.05) is 17.5 Å². The molecule has 0 aliphatic heterocycles. The Labute approximate surface area is 106 Å². The second-order valence-electron chi connectivity index (χ2n) is 4.30. The first-order valence-corrected chi connectivity index (χ1v) is 6.29. The molecule has 4 nitrogen and oxygen atoms in total. The van der Waals surface area contributed by atoms with Gasteiger partial charge < -0.3 is 5.32 Å². The molecule has 1 N–H and O–H groups in total. The Kier molecular flexibility index (Phi) is 3.84. The van der Waals surface area contributed by atoms with E-state index >= 15 is 0 Å². The molecule has 0 saturated carbocycles. The number of anilines is 1. The minimum absolute atomic E-state index is 0.237. The maximum absolute atomic E-state index is 5.91. The number of aryl methyl sites for hydroxylation is 1. The van der Waals surface area contributed by atoms with Crippen molar-refractivity contribution in [1.82, 2.24) is 14.6 Å². The van der Waals surface area contributed by atoms with Gasteiger partial charge in [0, 0.05) is 11.9 Å². The molecule has 2 aromatic heterocycles. The number of rotatable bonds is 5. The second kappa shape index (κ2) is 5.36. The molecule has 0 bridgehead atoms. The molecule has 0 saturated heterocycles. The van der Waals surface area contributed by atoms with Crippen LogP contribution < -0.4 is 5.32 Å². The van der Waals surface area contributed by atoms with Gasteiger partial charge in [-0.25, -0.2) is 4.98 Å². The normalized spacial score (nSPS) is 12.9. The number of nitrogens with zero attached hydrogens (tertiary/aromatic N) is 3. The van der Waals surface area contributed by atoms with Crippen molar-refractivity contribution in [2.45, 2.75) is 32.1 Å². The summed E-state index contributed by atoms with van der Waals surface area (Å²) in [7, 11) is 0. The van der Waals surface area contributed by atoms with Gasteiger partial charge in [0.25, 0.3) is 0 Å². The van der Waals surface area contributed by atoms with Gasteiger partial charge in [0.1, 0.15) is 12.1 Å². The molecule has 2 aromatic rings. The number of pyridine rings is 1. The molecule has 0 amide bonds. The Balaban J connectivity index is 2.04. The van der Waals surface area contributed by atoms with Crippen LogP contribution in [0.4, 0.5) is 5.82 Å². The molecule has 0 aliphatic carbocycles. The van der Waals surface area contributed by atoms with Crippen molar-refractivity contribution < 1.29 is 0 Å². The maximum atomic E-state index is 5.91. The SMILES string of the molecule is Cc1cc(NCCCC(C)Cl)n2ncnc2c1.